The Morgan fingerprint density at radius 2 is 1.93 bits per heavy atom. The van der Waals surface area contributed by atoms with Gasteiger partial charge in [0, 0.05) is 31.7 Å². The Kier molecular flexibility index (Phi) is 9.78. The second-order valence-electron chi connectivity index (χ2n) is 7.38. The average Bonchev–Trinajstić information content (AvgIpc) is 3.09. The summed E-state index contributed by atoms with van der Waals surface area (Å²) in [4.78, 5) is 16.8. The van der Waals surface area contributed by atoms with Crippen LogP contribution in [-0.2, 0) is 9.53 Å². The molecule has 2 N–H and O–H groups in total. The number of carbonyl (C=O) groups excluding carboxylic acids is 1. The summed E-state index contributed by atoms with van der Waals surface area (Å²) >= 11 is 0. The van der Waals surface area contributed by atoms with Gasteiger partial charge in [0.1, 0.15) is 13.1 Å². The lowest BCUT2D eigenvalue weighted by atomic mass is 9.60. The molecule has 0 radical (unpaired) electrons. The number of nitrogens with one attached hydrogen (secondary N) is 2. The van der Waals surface area contributed by atoms with E-state index in [1.54, 1.807) is 0 Å². The van der Waals surface area contributed by atoms with Gasteiger partial charge in [0.2, 0.25) is 5.91 Å². The lowest BCUT2D eigenvalue weighted by Gasteiger charge is -2.54. The van der Waals surface area contributed by atoms with E-state index in [0.29, 0.717) is 24.0 Å². The molecule has 2 rings (SSSR count). The number of rotatable bonds is 7. The highest BCUT2D eigenvalue weighted by Crippen LogP contribution is 2.54. The summed E-state index contributed by atoms with van der Waals surface area (Å²) in [5.41, 5.74) is 0.100. The molecule has 0 aliphatic heterocycles. The van der Waals surface area contributed by atoms with Crippen molar-refractivity contribution in [2.45, 2.75) is 64.3 Å². The van der Waals surface area contributed by atoms with E-state index in [4.69, 9.17) is 4.74 Å². The fraction of sp³-hybridized carbons (Fsp3) is 0.889. The van der Waals surface area contributed by atoms with Crippen LogP contribution in [-0.4, -0.2) is 68.4 Å². The zero-order chi connectivity index (χ0) is 20.1. The number of nitrogens with zero attached hydrogens (tertiary/aromatic N) is 2. The second-order valence-corrected chi connectivity index (χ2v) is 7.38. The van der Waals surface area contributed by atoms with Gasteiger partial charge in [0.25, 0.3) is 0 Å². The molecule has 1 amide bonds. The molecule has 0 aromatic heterocycles. The number of hydrogen-bond acceptors (Lipinski definition) is 3. The summed E-state index contributed by atoms with van der Waals surface area (Å²) in [5, 5.41) is 6.47. The Labute approximate surface area is 182 Å². The van der Waals surface area contributed by atoms with Gasteiger partial charge in [-0.2, -0.15) is 13.2 Å². The number of carbonyl (C=O) groups is 1. The highest BCUT2D eigenvalue weighted by Gasteiger charge is 2.56. The molecule has 1 spiro atoms. The van der Waals surface area contributed by atoms with Crippen LogP contribution in [0, 0.1) is 5.41 Å². The Morgan fingerprint density at radius 1 is 1.29 bits per heavy atom. The molecule has 28 heavy (non-hydrogen) atoms. The van der Waals surface area contributed by atoms with E-state index in [1.807, 2.05) is 13.8 Å². The van der Waals surface area contributed by atoms with Gasteiger partial charge in [-0.3, -0.25) is 4.79 Å². The number of aliphatic imine (C=N–C) groups is 1. The number of alkyl halides is 3. The zero-order valence-corrected chi connectivity index (χ0v) is 19.1. The maximum absolute atomic E-state index is 12.4. The monoisotopic (exact) mass is 520 g/mol. The van der Waals surface area contributed by atoms with Crippen molar-refractivity contribution in [1.82, 2.24) is 15.5 Å². The first-order valence-corrected chi connectivity index (χ1v) is 9.69. The number of guanidine groups is 1. The lowest BCUT2D eigenvalue weighted by Crippen LogP contribution is -2.65. The van der Waals surface area contributed by atoms with Crippen LogP contribution in [0.15, 0.2) is 4.99 Å². The number of halogens is 4. The van der Waals surface area contributed by atoms with Gasteiger partial charge < -0.3 is 20.3 Å². The van der Waals surface area contributed by atoms with E-state index in [0.717, 1.165) is 26.3 Å². The van der Waals surface area contributed by atoms with Gasteiger partial charge in [-0.1, -0.05) is 12.8 Å². The van der Waals surface area contributed by atoms with E-state index >= 15 is 0 Å². The minimum Gasteiger partial charge on any atom is -0.378 e. The minimum atomic E-state index is -4.41. The zero-order valence-electron chi connectivity index (χ0n) is 16.8. The summed E-state index contributed by atoms with van der Waals surface area (Å²) < 4.78 is 43.1. The second kappa shape index (κ2) is 10.8. The van der Waals surface area contributed by atoms with E-state index in [9.17, 15) is 18.0 Å². The van der Waals surface area contributed by atoms with Gasteiger partial charge in [-0.05, 0) is 33.1 Å². The molecule has 0 aromatic rings. The molecule has 2 aliphatic rings. The molecule has 10 heteroatoms. The largest absolute Gasteiger partial charge is 0.406 e. The molecule has 0 bridgehead atoms. The van der Waals surface area contributed by atoms with Gasteiger partial charge >= 0.3 is 6.18 Å². The Morgan fingerprint density at radius 3 is 2.46 bits per heavy atom. The minimum absolute atomic E-state index is 0. The third-order valence-electron chi connectivity index (χ3n) is 5.56. The van der Waals surface area contributed by atoms with Crippen molar-refractivity contribution in [3.05, 3.63) is 0 Å². The van der Waals surface area contributed by atoms with Crippen LogP contribution < -0.4 is 10.6 Å². The first-order chi connectivity index (χ1) is 12.7. The molecular formula is C18H32F3IN4O2. The van der Waals surface area contributed by atoms with Gasteiger partial charge in [0.05, 0.1) is 6.10 Å². The third-order valence-corrected chi connectivity index (χ3v) is 5.56. The van der Waals surface area contributed by atoms with E-state index < -0.39 is 18.6 Å². The van der Waals surface area contributed by atoms with Crippen molar-refractivity contribution in [1.29, 1.82) is 0 Å². The molecule has 0 saturated heterocycles. The summed E-state index contributed by atoms with van der Waals surface area (Å²) in [6.07, 6.45) is 1.26. The van der Waals surface area contributed by atoms with Gasteiger partial charge in [-0.25, -0.2) is 4.99 Å². The van der Waals surface area contributed by atoms with Crippen molar-refractivity contribution in [2.24, 2.45) is 10.4 Å². The van der Waals surface area contributed by atoms with Crippen molar-refractivity contribution < 1.29 is 22.7 Å². The molecule has 0 heterocycles. The van der Waals surface area contributed by atoms with Gasteiger partial charge in [-0.15, -0.1) is 24.0 Å². The van der Waals surface area contributed by atoms with Crippen LogP contribution in [0.4, 0.5) is 13.2 Å². The van der Waals surface area contributed by atoms with Crippen LogP contribution in [0.2, 0.25) is 0 Å². The SMILES string of the molecule is CCNC(=NCC(=O)N(C)CC(F)(F)F)NC1CC(OCC)C12CCCC2.I. The smallest absolute Gasteiger partial charge is 0.378 e. The fourth-order valence-corrected chi connectivity index (χ4v) is 4.20. The highest BCUT2D eigenvalue weighted by atomic mass is 127. The highest BCUT2D eigenvalue weighted by molar-refractivity contribution is 14.0. The summed E-state index contributed by atoms with van der Waals surface area (Å²) in [6, 6.07) is 0.206. The molecule has 2 aliphatic carbocycles. The van der Waals surface area contributed by atoms with Crippen molar-refractivity contribution in [2.75, 3.05) is 33.3 Å². The topological polar surface area (TPSA) is 66.0 Å². The predicted octanol–water partition coefficient (Wildman–Crippen LogP) is 2.92. The van der Waals surface area contributed by atoms with Crippen molar-refractivity contribution in [3.63, 3.8) is 0 Å². The molecule has 6 nitrogen and oxygen atoms in total. The van der Waals surface area contributed by atoms with Crippen LogP contribution >= 0.6 is 24.0 Å². The molecule has 2 saturated carbocycles. The quantitative estimate of drug-likeness (QED) is 0.308. The predicted molar refractivity (Wildman–Crippen MR) is 113 cm³/mol. The Balaban J connectivity index is 0.00000392. The van der Waals surface area contributed by atoms with E-state index in [2.05, 4.69) is 15.6 Å². The number of likely N-dealkylation sites (N-methyl/N-ethyl adjacent to an activating group) is 1. The van der Waals surface area contributed by atoms with E-state index in [-0.39, 0.29) is 48.1 Å². The van der Waals surface area contributed by atoms with Crippen molar-refractivity contribution >= 4 is 35.8 Å². The molecule has 2 atom stereocenters. The van der Waals surface area contributed by atoms with Crippen molar-refractivity contribution in [3.8, 4) is 0 Å². The summed E-state index contributed by atoms with van der Waals surface area (Å²) in [6.45, 7) is 3.60. The lowest BCUT2D eigenvalue weighted by molar-refractivity contribution is -0.157. The average molecular weight is 520 g/mol. The van der Waals surface area contributed by atoms with E-state index in [1.165, 1.54) is 12.8 Å². The first-order valence-electron chi connectivity index (χ1n) is 9.69. The Hall–Kier alpha value is -0.780. The van der Waals surface area contributed by atoms with Gasteiger partial charge in [0.15, 0.2) is 5.96 Å². The maximum Gasteiger partial charge on any atom is 0.406 e. The molecule has 164 valence electrons. The van der Waals surface area contributed by atoms with Crippen LogP contribution in [0.3, 0.4) is 0 Å². The summed E-state index contributed by atoms with van der Waals surface area (Å²) in [5.74, 6) is -0.196. The third kappa shape index (κ3) is 6.36. The summed E-state index contributed by atoms with van der Waals surface area (Å²) in [7, 11) is 1.14. The molecule has 2 unspecified atom stereocenters. The number of amides is 1. The van der Waals surface area contributed by atoms with Crippen LogP contribution in [0.5, 0.6) is 0 Å². The number of hydrogen-bond donors (Lipinski definition) is 2. The van der Waals surface area contributed by atoms with Crippen LogP contribution in [0.25, 0.3) is 0 Å². The van der Waals surface area contributed by atoms with Crippen LogP contribution in [0.1, 0.15) is 46.0 Å². The molecular weight excluding hydrogens is 488 g/mol. The number of ether oxygens (including phenoxy) is 1. The first kappa shape index (κ1) is 25.3. The maximum atomic E-state index is 12.4. The molecule has 2 fully saturated rings. The normalized spacial score (nSPS) is 23.7. The Bertz CT molecular complexity index is 539. The standard InChI is InChI=1S/C18H31F3N4O2.HI/c1-4-22-16(23-11-15(26)25(3)12-18(19,20)21)24-13-10-14(27-5-2)17(13)8-6-7-9-17;/h13-14H,4-12H2,1-3H3,(H2,22,23,24);1H. The molecule has 0 aromatic carbocycles. The fourth-order valence-electron chi connectivity index (χ4n) is 4.20.